The molecule has 0 spiro atoms. The lowest BCUT2D eigenvalue weighted by molar-refractivity contribution is -0.223. The van der Waals surface area contributed by atoms with Crippen LogP contribution in [0.1, 0.15) is 35.1 Å². The molecule has 0 fully saturated rings. The predicted octanol–water partition coefficient (Wildman–Crippen LogP) is 4.63. The molecule has 0 bridgehead atoms. The van der Waals surface area contributed by atoms with Gasteiger partial charge in [-0.15, -0.1) is 0 Å². The van der Waals surface area contributed by atoms with Gasteiger partial charge in [0.05, 0.1) is 6.61 Å². The van der Waals surface area contributed by atoms with E-state index in [1.807, 2.05) is 0 Å². The minimum atomic E-state index is -4.31. The number of rotatable bonds is 4. The predicted molar refractivity (Wildman–Crippen MR) is 87.6 cm³/mol. The summed E-state index contributed by atoms with van der Waals surface area (Å²) in [6.45, 7) is 2.39. The third kappa shape index (κ3) is 2.68. The topological polar surface area (TPSA) is 21.3 Å². The monoisotopic (exact) mass is 353 g/mol. The van der Waals surface area contributed by atoms with Crippen LogP contribution in [0.3, 0.4) is 0 Å². The minimum Gasteiger partial charge on any atom is -0.494 e. The summed E-state index contributed by atoms with van der Waals surface area (Å²) < 4.78 is 64.6. The van der Waals surface area contributed by atoms with Crippen molar-refractivity contribution in [2.24, 2.45) is 0 Å². The molecule has 2 nitrogen and oxygen atoms in total. The summed E-state index contributed by atoms with van der Waals surface area (Å²) in [6.07, 6.45) is 0. The van der Waals surface area contributed by atoms with E-state index in [1.165, 1.54) is 24.3 Å². The van der Waals surface area contributed by atoms with Gasteiger partial charge in [-0.05, 0) is 43.3 Å². The standard InChI is InChI=1S/C19H19F4NO/c1-3-25-12-8-9-17-14(10-12)15(11-24-2)13-6-4-5-7-16(13)18(20,21)19(17,22)23/h4-10,15,24H,3,11H2,1-2H3. The molecule has 1 N–H and O–H groups in total. The number of ether oxygens (including phenoxy) is 1. The van der Waals surface area contributed by atoms with Crippen LogP contribution < -0.4 is 10.1 Å². The van der Waals surface area contributed by atoms with Gasteiger partial charge in [-0.3, -0.25) is 0 Å². The largest absolute Gasteiger partial charge is 0.494 e. The summed E-state index contributed by atoms with van der Waals surface area (Å²) in [5.41, 5.74) is -0.921. The average molecular weight is 353 g/mol. The second-order valence-electron chi connectivity index (χ2n) is 6.03. The number of benzene rings is 2. The van der Waals surface area contributed by atoms with Gasteiger partial charge in [0.1, 0.15) is 5.75 Å². The second kappa shape index (κ2) is 6.33. The number of likely N-dealkylation sites (N-methyl/N-ethyl adjacent to an activating group) is 1. The number of fused-ring (bicyclic) bond motifs is 2. The van der Waals surface area contributed by atoms with Crippen molar-refractivity contribution >= 4 is 0 Å². The third-order valence-electron chi connectivity index (χ3n) is 4.52. The van der Waals surface area contributed by atoms with Crippen molar-refractivity contribution in [1.29, 1.82) is 0 Å². The molecule has 1 unspecified atom stereocenters. The van der Waals surface area contributed by atoms with Crippen molar-refractivity contribution in [1.82, 2.24) is 5.32 Å². The molecule has 2 aromatic carbocycles. The Morgan fingerprint density at radius 2 is 1.60 bits per heavy atom. The Bertz CT molecular complexity index is 776. The second-order valence-corrected chi connectivity index (χ2v) is 6.03. The normalized spacial score (nSPS) is 20.3. The van der Waals surface area contributed by atoms with E-state index in [-0.39, 0.29) is 17.7 Å². The van der Waals surface area contributed by atoms with E-state index in [0.29, 0.717) is 12.4 Å². The van der Waals surface area contributed by atoms with Gasteiger partial charge in [-0.25, -0.2) is 0 Å². The highest BCUT2D eigenvalue weighted by Crippen LogP contribution is 2.56. The zero-order valence-electron chi connectivity index (χ0n) is 14.0. The smallest absolute Gasteiger partial charge is 0.340 e. The molecule has 2 aromatic rings. The maximum Gasteiger partial charge on any atom is 0.340 e. The molecular weight excluding hydrogens is 334 g/mol. The third-order valence-corrected chi connectivity index (χ3v) is 4.52. The average Bonchev–Trinajstić information content (AvgIpc) is 2.63. The first-order valence-corrected chi connectivity index (χ1v) is 8.11. The van der Waals surface area contributed by atoms with Gasteiger partial charge < -0.3 is 10.1 Å². The van der Waals surface area contributed by atoms with Crippen molar-refractivity contribution in [3.8, 4) is 5.75 Å². The van der Waals surface area contributed by atoms with Crippen LogP contribution in [-0.4, -0.2) is 20.2 Å². The summed E-state index contributed by atoms with van der Waals surface area (Å²) in [7, 11) is 1.66. The molecule has 0 aromatic heterocycles. The number of hydrogen-bond donors (Lipinski definition) is 1. The van der Waals surface area contributed by atoms with Crippen molar-refractivity contribution in [3.05, 3.63) is 64.7 Å². The van der Waals surface area contributed by atoms with Crippen molar-refractivity contribution in [2.75, 3.05) is 20.2 Å². The lowest BCUT2D eigenvalue weighted by Gasteiger charge is -2.27. The van der Waals surface area contributed by atoms with Crippen LogP contribution in [0, 0.1) is 0 Å². The molecule has 0 saturated carbocycles. The van der Waals surface area contributed by atoms with Crippen molar-refractivity contribution < 1.29 is 22.3 Å². The van der Waals surface area contributed by atoms with Crippen molar-refractivity contribution in [3.63, 3.8) is 0 Å². The highest BCUT2D eigenvalue weighted by Gasteiger charge is 2.62. The van der Waals surface area contributed by atoms with Crippen LogP contribution in [0.4, 0.5) is 17.6 Å². The first-order valence-electron chi connectivity index (χ1n) is 8.11. The fourth-order valence-corrected chi connectivity index (χ4v) is 3.39. The Hall–Kier alpha value is -2.08. The lowest BCUT2D eigenvalue weighted by Crippen LogP contribution is -2.35. The minimum absolute atomic E-state index is 0.162. The van der Waals surface area contributed by atoms with E-state index in [1.54, 1.807) is 20.0 Å². The van der Waals surface area contributed by atoms with Crippen LogP contribution >= 0.6 is 0 Å². The number of hydrogen-bond acceptors (Lipinski definition) is 2. The maximum atomic E-state index is 14.8. The highest BCUT2D eigenvalue weighted by atomic mass is 19.3. The van der Waals surface area contributed by atoms with Crippen LogP contribution in [0.15, 0.2) is 42.5 Å². The van der Waals surface area contributed by atoms with Gasteiger partial charge >= 0.3 is 11.8 Å². The Morgan fingerprint density at radius 3 is 2.24 bits per heavy atom. The molecule has 0 amide bonds. The lowest BCUT2D eigenvalue weighted by atomic mass is 9.87. The molecule has 134 valence electrons. The number of nitrogens with one attached hydrogen (secondary N) is 1. The Balaban J connectivity index is 2.33. The van der Waals surface area contributed by atoms with E-state index in [9.17, 15) is 17.6 Å². The van der Waals surface area contributed by atoms with Gasteiger partial charge in [0.25, 0.3) is 0 Å². The fourth-order valence-electron chi connectivity index (χ4n) is 3.39. The van der Waals surface area contributed by atoms with Crippen LogP contribution in [0.5, 0.6) is 5.75 Å². The van der Waals surface area contributed by atoms with E-state index in [2.05, 4.69) is 5.32 Å². The Labute approximate surface area is 143 Å². The highest BCUT2D eigenvalue weighted by molar-refractivity contribution is 5.52. The van der Waals surface area contributed by atoms with E-state index >= 15 is 0 Å². The molecule has 3 rings (SSSR count). The summed E-state index contributed by atoms with van der Waals surface area (Å²) in [6, 6.07) is 9.35. The van der Waals surface area contributed by atoms with Crippen molar-refractivity contribution in [2.45, 2.75) is 24.7 Å². The Morgan fingerprint density at radius 1 is 0.960 bits per heavy atom. The van der Waals surface area contributed by atoms with Gasteiger partial charge in [-0.2, -0.15) is 17.6 Å². The maximum absolute atomic E-state index is 14.8. The van der Waals surface area contributed by atoms with Gasteiger partial charge in [0, 0.05) is 23.6 Å². The fraction of sp³-hybridized carbons (Fsp3) is 0.368. The zero-order valence-corrected chi connectivity index (χ0v) is 14.0. The van der Waals surface area contributed by atoms with Crippen LogP contribution in [-0.2, 0) is 11.8 Å². The SMILES string of the molecule is CCOc1ccc2c(c1)C(CNC)c1ccccc1C(F)(F)C2(F)F. The van der Waals surface area contributed by atoms with Gasteiger partial charge in [-0.1, -0.05) is 24.3 Å². The number of alkyl halides is 4. The first-order chi connectivity index (χ1) is 11.8. The summed E-state index contributed by atoms with van der Waals surface area (Å²) in [4.78, 5) is 0. The van der Waals surface area contributed by atoms with E-state index in [0.717, 1.165) is 12.1 Å². The van der Waals surface area contributed by atoms with E-state index in [4.69, 9.17) is 4.74 Å². The molecule has 0 saturated heterocycles. The van der Waals surface area contributed by atoms with Gasteiger partial charge in [0.15, 0.2) is 0 Å². The summed E-state index contributed by atoms with van der Waals surface area (Å²) >= 11 is 0. The molecule has 6 heteroatoms. The number of halogens is 4. The molecule has 1 aliphatic rings. The molecule has 1 atom stereocenters. The molecular formula is C19H19F4NO. The first kappa shape index (κ1) is 17.7. The molecule has 25 heavy (non-hydrogen) atoms. The molecule has 0 radical (unpaired) electrons. The van der Waals surface area contributed by atoms with Crippen LogP contribution in [0.2, 0.25) is 0 Å². The summed E-state index contributed by atoms with van der Waals surface area (Å²) in [5, 5.41) is 2.92. The van der Waals surface area contributed by atoms with Gasteiger partial charge in [0.2, 0.25) is 0 Å². The zero-order chi connectivity index (χ0) is 18.2. The van der Waals surface area contributed by atoms with Crippen LogP contribution in [0.25, 0.3) is 0 Å². The molecule has 0 aliphatic heterocycles. The molecule has 0 heterocycles. The quantitative estimate of drug-likeness (QED) is 0.809. The molecule has 1 aliphatic carbocycles. The van der Waals surface area contributed by atoms with E-state index < -0.39 is 28.9 Å². The summed E-state index contributed by atoms with van der Waals surface area (Å²) in [5.74, 6) is -8.85. The Kier molecular flexibility index (Phi) is 4.49.